The summed E-state index contributed by atoms with van der Waals surface area (Å²) in [4.78, 5) is 11.7. The summed E-state index contributed by atoms with van der Waals surface area (Å²) in [5.41, 5.74) is 6.45. The summed E-state index contributed by atoms with van der Waals surface area (Å²) in [5.74, 6) is -0.308. The monoisotopic (exact) mass is 368 g/mol. The topological polar surface area (TPSA) is 26.3 Å². The zero-order valence-electron chi connectivity index (χ0n) is 18.2. The maximum atomic E-state index is 11.7. The zero-order chi connectivity index (χ0) is 20.4. The van der Waals surface area contributed by atoms with Crippen LogP contribution in [0.3, 0.4) is 0 Å². The molecule has 0 aliphatic heterocycles. The Balaban J connectivity index is 2.66. The summed E-state index contributed by atoms with van der Waals surface area (Å²) in [5, 5.41) is 0. The van der Waals surface area contributed by atoms with Gasteiger partial charge in [-0.05, 0) is 76.5 Å². The largest absolute Gasteiger partial charge is 0.458 e. The van der Waals surface area contributed by atoms with E-state index in [1.54, 1.807) is 0 Å². The Morgan fingerprint density at radius 3 is 2.44 bits per heavy atom. The lowest BCUT2D eigenvalue weighted by molar-refractivity contribution is -0.136. The first-order valence-corrected chi connectivity index (χ1v) is 9.83. The highest BCUT2D eigenvalue weighted by Gasteiger charge is 2.26. The van der Waals surface area contributed by atoms with Crippen molar-refractivity contribution in [3.8, 4) is 0 Å². The molecule has 0 unspecified atom stereocenters. The zero-order valence-corrected chi connectivity index (χ0v) is 18.2. The Hall–Kier alpha value is -2.09. The molecule has 0 aromatic carbocycles. The molecule has 0 saturated heterocycles. The number of ether oxygens (including phenoxy) is 1. The van der Waals surface area contributed by atoms with Crippen LogP contribution in [0, 0.1) is 5.41 Å². The van der Waals surface area contributed by atoms with Gasteiger partial charge in [0.15, 0.2) is 0 Å². The first-order chi connectivity index (χ1) is 12.6. The summed E-state index contributed by atoms with van der Waals surface area (Å²) in [6.45, 7) is 15.2. The van der Waals surface area contributed by atoms with Crippen LogP contribution >= 0.6 is 0 Å². The lowest BCUT2D eigenvalue weighted by Crippen LogP contribution is -2.19. The van der Waals surface area contributed by atoms with Gasteiger partial charge in [0, 0.05) is 6.08 Å². The molecule has 0 heterocycles. The molecule has 0 fully saturated rings. The first-order valence-electron chi connectivity index (χ1n) is 9.83. The average molecular weight is 369 g/mol. The van der Waals surface area contributed by atoms with Gasteiger partial charge in [0.1, 0.15) is 6.61 Å². The Morgan fingerprint density at radius 2 is 1.81 bits per heavy atom. The molecule has 0 amide bonds. The molecular weight excluding hydrogens is 332 g/mol. The highest BCUT2D eigenvalue weighted by Crippen LogP contribution is 2.40. The van der Waals surface area contributed by atoms with Crippen LogP contribution in [0.4, 0.5) is 0 Å². The minimum Gasteiger partial charge on any atom is -0.458 e. The molecule has 0 bridgehead atoms. The van der Waals surface area contributed by atoms with Crippen molar-refractivity contribution in [2.45, 2.75) is 67.7 Å². The van der Waals surface area contributed by atoms with E-state index in [4.69, 9.17) is 4.74 Å². The van der Waals surface area contributed by atoms with Crippen LogP contribution in [0.15, 0.2) is 70.4 Å². The van der Waals surface area contributed by atoms with Crippen LogP contribution in [0.5, 0.6) is 0 Å². The molecule has 0 saturated carbocycles. The molecule has 1 rings (SSSR count). The van der Waals surface area contributed by atoms with Gasteiger partial charge in [0.2, 0.25) is 0 Å². The second kappa shape index (κ2) is 10.9. The van der Waals surface area contributed by atoms with E-state index in [0.29, 0.717) is 6.61 Å². The normalized spacial score (nSPS) is 18.3. The van der Waals surface area contributed by atoms with Crippen LogP contribution in [0.2, 0.25) is 0 Å². The molecule has 148 valence electrons. The average Bonchev–Trinajstić information content (AvgIpc) is 2.53. The van der Waals surface area contributed by atoms with Crippen molar-refractivity contribution in [1.29, 1.82) is 0 Å². The maximum Gasteiger partial charge on any atom is 0.331 e. The summed E-state index contributed by atoms with van der Waals surface area (Å²) in [6.07, 6.45) is 17.6. The van der Waals surface area contributed by atoms with Gasteiger partial charge in [0.25, 0.3) is 0 Å². The molecule has 27 heavy (non-hydrogen) atoms. The SMILES string of the molecule is CC(C)=CCOC(=O)/C=C(C)/C=C/C=C(C)/C=C/C1=C(C)CCCC1(C)C. The van der Waals surface area contributed by atoms with E-state index in [2.05, 4.69) is 45.9 Å². The van der Waals surface area contributed by atoms with E-state index in [1.807, 2.05) is 39.0 Å². The van der Waals surface area contributed by atoms with Gasteiger partial charge < -0.3 is 4.74 Å². The molecule has 1 aliphatic rings. The van der Waals surface area contributed by atoms with E-state index in [1.165, 1.54) is 42.1 Å². The quantitative estimate of drug-likeness (QED) is 0.209. The third-order valence-corrected chi connectivity index (χ3v) is 4.84. The van der Waals surface area contributed by atoms with E-state index in [-0.39, 0.29) is 11.4 Å². The van der Waals surface area contributed by atoms with Crippen molar-refractivity contribution in [2.24, 2.45) is 5.41 Å². The fourth-order valence-electron chi connectivity index (χ4n) is 3.20. The third kappa shape index (κ3) is 8.90. The van der Waals surface area contributed by atoms with E-state index in [9.17, 15) is 4.79 Å². The van der Waals surface area contributed by atoms with Crippen LogP contribution < -0.4 is 0 Å². The fourth-order valence-corrected chi connectivity index (χ4v) is 3.20. The van der Waals surface area contributed by atoms with Crippen molar-refractivity contribution >= 4 is 5.97 Å². The van der Waals surface area contributed by atoms with E-state index in [0.717, 1.165) is 11.1 Å². The third-order valence-electron chi connectivity index (χ3n) is 4.84. The second-order valence-corrected chi connectivity index (χ2v) is 8.33. The van der Waals surface area contributed by atoms with Crippen LogP contribution in [0.1, 0.15) is 67.7 Å². The summed E-state index contributed by atoms with van der Waals surface area (Å²) >= 11 is 0. The predicted molar refractivity (Wildman–Crippen MR) is 117 cm³/mol. The molecule has 2 nitrogen and oxygen atoms in total. The Kier molecular flexibility index (Phi) is 9.28. The number of carbonyl (C=O) groups is 1. The molecule has 1 aliphatic carbocycles. The van der Waals surface area contributed by atoms with Crippen molar-refractivity contribution < 1.29 is 9.53 Å². The van der Waals surface area contributed by atoms with Crippen molar-refractivity contribution in [2.75, 3.05) is 6.61 Å². The smallest absolute Gasteiger partial charge is 0.331 e. The summed E-state index contributed by atoms with van der Waals surface area (Å²) in [7, 11) is 0. The minimum absolute atomic E-state index is 0.264. The van der Waals surface area contributed by atoms with Gasteiger partial charge in [-0.15, -0.1) is 0 Å². The minimum atomic E-state index is -0.308. The molecule has 0 spiro atoms. The lowest BCUT2D eigenvalue weighted by atomic mass is 9.72. The number of esters is 1. The van der Waals surface area contributed by atoms with Gasteiger partial charge in [-0.3, -0.25) is 0 Å². The highest BCUT2D eigenvalue weighted by atomic mass is 16.5. The van der Waals surface area contributed by atoms with Gasteiger partial charge in [-0.25, -0.2) is 4.79 Å². The summed E-state index contributed by atoms with van der Waals surface area (Å²) < 4.78 is 5.13. The number of carbonyl (C=O) groups excluding carboxylic acids is 1. The van der Waals surface area contributed by atoms with Crippen LogP contribution in [-0.4, -0.2) is 12.6 Å². The van der Waals surface area contributed by atoms with Crippen molar-refractivity contribution in [1.82, 2.24) is 0 Å². The molecular formula is C25H36O2. The lowest BCUT2D eigenvalue weighted by Gasteiger charge is -2.32. The highest BCUT2D eigenvalue weighted by molar-refractivity contribution is 5.83. The second-order valence-electron chi connectivity index (χ2n) is 8.33. The molecule has 0 N–H and O–H groups in total. The van der Waals surface area contributed by atoms with Gasteiger partial charge in [0.05, 0.1) is 0 Å². The van der Waals surface area contributed by atoms with Crippen molar-refractivity contribution in [3.05, 3.63) is 70.4 Å². The predicted octanol–water partition coefficient (Wildman–Crippen LogP) is 7.03. The number of rotatable bonds is 7. The maximum absolute atomic E-state index is 11.7. The fraction of sp³-hybridized carbons (Fsp3) is 0.480. The number of hydrogen-bond acceptors (Lipinski definition) is 2. The van der Waals surface area contributed by atoms with Gasteiger partial charge in [-0.2, -0.15) is 0 Å². The molecule has 0 radical (unpaired) electrons. The van der Waals surface area contributed by atoms with E-state index >= 15 is 0 Å². The van der Waals surface area contributed by atoms with Gasteiger partial charge >= 0.3 is 5.97 Å². The Labute approximate surface area is 166 Å². The van der Waals surface area contributed by atoms with E-state index < -0.39 is 0 Å². The molecule has 0 atom stereocenters. The molecule has 0 aromatic heterocycles. The van der Waals surface area contributed by atoms with Gasteiger partial charge in [-0.1, -0.05) is 60.9 Å². The first kappa shape index (κ1) is 23.0. The van der Waals surface area contributed by atoms with Crippen molar-refractivity contribution in [3.63, 3.8) is 0 Å². The molecule has 2 heteroatoms. The number of allylic oxidation sites excluding steroid dienone is 10. The standard InChI is InChI=1S/C25H36O2/c1-19(2)15-17-27-24(26)18-21(4)11-8-10-20(3)13-14-23-22(5)12-9-16-25(23,6)7/h8,10-11,13-15,18H,9,12,16-17H2,1-7H3/b11-8+,14-13+,20-10+,21-18+. The number of hydrogen-bond donors (Lipinski definition) is 0. The Bertz CT molecular complexity index is 703. The Morgan fingerprint density at radius 1 is 1.11 bits per heavy atom. The van der Waals surface area contributed by atoms with Crippen LogP contribution in [-0.2, 0) is 9.53 Å². The molecule has 0 aromatic rings. The van der Waals surface area contributed by atoms with Crippen LogP contribution in [0.25, 0.3) is 0 Å². The summed E-state index contributed by atoms with van der Waals surface area (Å²) in [6, 6.07) is 0.